The Labute approximate surface area is 169 Å². The van der Waals surface area contributed by atoms with Crippen molar-refractivity contribution in [1.82, 2.24) is 15.0 Å². The second-order valence-corrected chi connectivity index (χ2v) is 6.37. The molecule has 1 heterocycles. The summed E-state index contributed by atoms with van der Waals surface area (Å²) in [7, 11) is 1.39. The molecule has 0 N–H and O–H groups in total. The first kappa shape index (κ1) is 21.3. The average Bonchev–Trinajstić information content (AvgIpc) is 3.17. The summed E-state index contributed by atoms with van der Waals surface area (Å²) in [5.41, 5.74) is -1.41. The molecule has 1 aromatic heterocycles. The second-order valence-electron chi connectivity index (χ2n) is 6.37. The number of benzene rings is 2. The molecule has 158 valence electrons. The first-order valence-corrected chi connectivity index (χ1v) is 8.85. The molecule has 0 unspecified atom stereocenters. The largest absolute Gasteiger partial charge is 0.484 e. The van der Waals surface area contributed by atoms with Gasteiger partial charge in [0.05, 0.1) is 11.1 Å². The molecule has 30 heavy (non-hydrogen) atoms. The number of carbonyl (C=O) groups is 1. The highest BCUT2D eigenvalue weighted by Gasteiger charge is 2.35. The Morgan fingerprint density at radius 1 is 1.17 bits per heavy atom. The van der Waals surface area contributed by atoms with Crippen molar-refractivity contribution in [3.8, 4) is 5.75 Å². The number of likely N-dealkylation sites (N-methyl/N-ethyl adjacent to an activating group) is 1. The van der Waals surface area contributed by atoms with E-state index in [2.05, 4.69) is 10.1 Å². The highest BCUT2D eigenvalue weighted by atomic mass is 19.4. The van der Waals surface area contributed by atoms with Crippen LogP contribution < -0.4 is 4.74 Å². The van der Waals surface area contributed by atoms with E-state index >= 15 is 0 Å². The van der Waals surface area contributed by atoms with Gasteiger partial charge in [-0.1, -0.05) is 23.4 Å². The predicted octanol–water partition coefficient (Wildman–Crippen LogP) is 4.12. The number of alkyl halides is 3. The number of hydrogen-bond donors (Lipinski definition) is 0. The van der Waals surface area contributed by atoms with Gasteiger partial charge < -0.3 is 14.2 Å². The van der Waals surface area contributed by atoms with E-state index in [-0.39, 0.29) is 31.3 Å². The highest BCUT2D eigenvalue weighted by molar-refractivity contribution is 5.95. The van der Waals surface area contributed by atoms with Crippen molar-refractivity contribution in [2.24, 2.45) is 0 Å². The van der Waals surface area contributed by atoms with Crippen LogP contribution in [0.15, 0.2) is 53.1 Å². The highest BCUT2D eigenvalue weighted by Crippen LogP contribution is 2.32. The molecule has 0 saturated carbocycles. The number of nitrogens with zero attached hydrogens (tertiary/aromatic N) is 3. The Kier molecular flexibility index (Phi) is 6.34. The fraction of sp³-hybridized carbons (Fsp3) is 0.250. The lowest BCUT2D eigenvalue weighted by molar-refractivity contribution is -0.138. The molecule has 1 amide bonds. The van der Waals surface area contributed by atoms with Gasteiger partial charge in [0.1, 0.15) is 11.6 Å². The summed E-state index contributed by atoms with van der Waals surface area (Å²) >= 11 is 0. The Morgan fingerprint density at radius 3 is 2.67 bits per heavy atom. The first-order valence-electron chi connectivity index (χ1n) is 8.85. The monoisotopic (exact) mass is 423 g/mol. The molecule has 0 radical (unpaired) electrons. The molecule has 3 rings (SSSR count). The molecule has 0 saturated heterocycles. The van der Waals surface area contributed by atoms with Gasteiger partial charge in [0.15, 0.2) is 12.4 Å². The summed E-state index contributed by atoms with van der Waals surface area (Å²) in [6.45, 7) is -0.00106. The van der Waals surface area contributed by atoms with Crippen LogP contribution in [0.3, 0.4) is 0 Å². The lowest BCUT2D eigenvalue weighted by Crippen LogP contribution is -2.30. The Hall–Kier alpha value is -3.43. The van der Waals surface area contributed by atoms with Gasteiger partial charge in [0.25, 0.3) is 11.8 Å². The summed E-state index contributed by atoms with van der Waals surface area (Å²) < 4.78 is 62.8. The third kappa shape index (κ3) is 5.34. The number of rotatable bonds is 7. The van der Waals surface area contributed by atoms with E-state index in [1.54, 1.807) is 6.07 Å². The molecule has 3 aromatic rings. The van der Waals surface area contributed by atoms with Crippen LogP contribution in [0.1, 0.15) is 27.6 Å². The van der Waals surface area contributed by atoms with Crippen molar-refractivity contribution in [2.75, 3.05) is 13.6 Å². The third-order valence-corrected chi connectivity index (χ3v) is 4.15. The van der Waals surface area contributed by atoms with Crippen molar-refractivity contribution in [1.29, 1.82) is 0 Å². The lowest BCUT2D eigenvalue weighted by Gasteiger charge is -2.19. The quantitative estimate of drug-likeness (QED) is 0.535. The van der Waals surface area contributed by atoms with Crippen LogP contribution in [0.25, 0.3) is 0 Å². The van der Waals surface area contributed by atoms with E-state index in [4.69, 9.17) is 9.26 Å². The Bertz CT molecular complexity index is 1020. The number of carbonyl (C=O) groups excluding carboxylic acids is 1. The van der Waals surface area contributed by atoms with Crippen molar-refractivity contribution in [3.05, 3.63) is 77.2 Å². The zero-order valence-corrected chi connectivity index (χ0v) is 15.8. The van der Waals surface area contributed by atoms with Gasteiger partial charge in [-0.25, -0.2) is 4.39 Å². The number of ether oxygens (including phenoxy) is 1. The Morgan fingerprint density at radius 2 is 1.93 bits per heavy atom. The van der Waals surface area contributed by atoms with Gasteiger partial charge >= 0.3 is 6.18 Å². The standard InChI is InChI=1S/C20H17F4N3O3/c1-27(19(28)15-7-2-3-8-16(15)20(22,23)24)10-9-17-25-18(30-26-17)12-29-14-6-4-5-13(21)11-14/h2-8,11H,9-10,12H2,1H3. The van der Waals surface area contributed by atoms with Gasteiger partial charge in [0.2, 0.25) is 0 Å². The first-order chi connectivity index (χ1) is 14.2. The maximum atomic E-state index is 13.1. The fourth-order valence-corrected chi connectivity index (χ4v) is 2.64. The van der Waals surface area contributed by atoms with Crippen LogP contribution in [-0.4, -0.2) is 34.5 Å². The minimum Gasteiger partial charge on any atom is -0.484 e. The van der Waals surface area contributed by atoms with E-state index in [1.165, 1.54) is 37.4 Å². The third-order valence-electron chi connectivity index (χ3n) is 4.15. The summed E-state index contributed by atoms with van der Waals surface area (Å²) in [6.07, 6.45) is -4.46. The topological polar surface area (TPSA) is 68.5 Å². The van der Waals surface area contributed by atoms with Gasteiger partial charge in [-0.05, 0) is 24.3 Å². The average molecular weight is 423 g/mol. The maximum absolute atomic E-state index is 13.1. The van der Waals surface area contributed by atoms with Crippen LogP contribution in [-0.2, 0) is 19.2 Å². The van der Waals surface area contributed by atoms with E-state index in [1.807, 2.05) is 0 Å². The molecule has 0 atom stereocenters. The van der Waals surface area contributed by atoms with Gasteiger partial charge in [-0.15, -0.1) is 0 Å². The molecule has 6 nitrogen and oxygen atoms in total. The number of halogens is 4. The summed E-state index contributed by atoms with van der Waals surface area (Å²) in [5, 5.41) is 3.75. The smallest absolute Gasteiger partial charge is 0.417 e. The molecule has 0 bridgehead atoms. The minimum atomic E-state index is -4.63. The molecule has 2 aromatic carbocycles. The van der Waals surface area contributed by atoms with E-state index in [0.717, 1.165) is 17.0 Å². The van der Waals surface area contributed by atoms with Crippen LogP contribution in [0.4, 0.5) is 17.6 Å². The molecule has 0 aliphatic carbocycles. The molecule has 10 heteroatoms. The zero-order valence-electron chi connectivity index (χ0n) is 15.8. The molecule has 0 aliphatic rings. The Balaban J connectivity index is 1.57. The van der Waals surface area contributed by atoms with Crippen molar-refractivity contribution < 1.29 is 31.6 Å². The van der Waals surface area contributed by atoms with E-state index in [9.17, 15) is 22.4 Å². The summed E-state index contributed by atoms with van der Waals surface area (Å²) in [6, 6.07) is 10.2. The maximum Gasteiger partial charge on any atom is 0.417 e. The zero-order chi connectivity index (χ0) is 21.7. The lowest BCUT2D eigenvalue weighted by atomic mass is 10.1. The van der Waals surface area contributed by atoms with E-state index in [0.29, 0.717) is 5.75 Å². The molecule has 0 aliphatic heterocycles. The van der Waals surface area contributed by atoms with Gasteiger partial charge in [0, 0.05) is 26.1 Å². The second kappa shape index (κ2) is 8.93. The number of aromatic nitrogens is 2. The fourth-order valence-electron chi connectivity index (χ4n) is 2.64. The SMILES string of the molecule is CN(CCc1noc(COc2cccc(F)c2)n1)C(=O)c1ccccc1C(F)(F)F. The summed E-state index contributed by atoms with van der Waals surface area (Å²) in [4.78, 5) is 17.7. The van der Waals surface area contributed by atoms with Crippen molar-refractivity contribution in [2.45, 2.75) is 19.2 Å². The van der Waals surface area contributed by atoms with Crippen LogP contribution >= 0.6 is 0 Å². The normalized spacial score (nSPS) is 11.4. The minimum absolute atomic E-state index is 0.0781. The molecule has 0 spiro atoms. The number of hydrogen-bond acceptors (Lipinski definition) is 5. The van der Waals surface area contributed by atoms with E-state index < -0.39 is 29.0 Å². The van der Waals surface area contributed by atoms with Crippen LogP contribution in [0.5, 0.6) is 5.75 Å². The number of amides is 1. The van der Waals surface area contributed by atoms with Gasteiger partial charge in [-0.2, -0.15) is 18.2 Å². The van der Waals surface area contributed by atoms with Crippen LogP contribution in [0.2, 0.25) is 0 Å². The van der Waals surface area contributed by atoms with Gasteiger partial charge in [-0.3, -0.25) is 4.79 Å². The van der Waals surface area contributed by atoms with Crippen LogP contribution in [0, 0.1) is 5.82 Å². The molecular weight excluding hydrogens is 406 g/mol. The summed E-state index contributed by atoms with van der Waals surface area (Å²) in [5.74, 6) is -0.509. The predicted molar refractivity (Wildman–Crippen MR) is 97.1 cm³/mol. The molecule has 0 fully saturated rings. The molecular formula is C20H17F4N3O3. The van der Waals surface area contributed by atoms with Crippen molar-refractivity contribution >= 4 is 5.91 Å². The van der Waals surface area contributed by atoms with Crippen molar-refractivity contribution in [3.63, 3.8) is 0 Å².